The number of carbonyl (C=O) groups excluding carboxylic acids is 2. The Hall–Kier alpha value is -4.05. The number of nitrogens with zero attached hydrogens (tertiary/aromatic N) is 3. The first-order chi connectivity index (χ1) is 16.0. The maximum absolute atomic E-state index is 12.9. The highest BCUT2D eigenvalue weighted by Gasteiger charge is 2.18. The van der Waals surface area contributed by atoms with Crippen LogP contribution in [0.25, 0.3) is 11.6 Å². The minimum Gasteiger partial charge on any atom is -0.461 e. The molecule has 4 N–H and O–H groups in total. The molecule has 4 aromatic rings. The number of amides is 2. The van der Waals surface area contributed by atoms with E-state index in [1.165, 1.54) is 10.9 Å². The van der Waals surface area contributed by atoms with Crippen LogP contribution in [0.1, 0.15) is 28.9 Å². The minimum atomic E-state index is -0.307. The Morgan fingerprint density at radius 2 is 1.82 bits per heavy atom. The molecular formula is C23H22N6O3S. The summed E-state index contributed by atoms with van der Waals surface area (Å²) in [7, 11) is 0. The third-order valence-electron chi connectivity index (χ3n) is 4.83. The van der Waals surface area contributed by atoms with E-state index in [-0.39, 0.29) is 23.6 Å². The van der Waals surface area contributed by atoms with Crippen LogP contribution in [0.3, 0.4) is 0 Å². The van der Waals surface area contributed by atoms with Crippen LogP contribution in [0.4, 0.5) is 5.69 Å². The second-order valence-corrected chi connectivity index (χ2v) is 8.08. The number of anilines is 1. The quantitative estimate of drug-likeness (QED) is 0.270. The van der Waals surface area contributed by atoms with Crippen molar-refractivity contribution >= 4 is 29.3 Å². The van der Waals surface area contributed by atoms with Gasteiger partial charge in [-0.15, -0.1) is 10.2 Å². The number of nitrogens with two attached hydrogens (primary N) is 1. The van der Waals surface area contributed by atoms with Crippen molar-refractivity contribution in [2.45, 2.75) is 18.1 Å². The number of furan rings is 1. The highest BCUT2D eigenvalue weighted by molar-refractivity contribution is 7.99. The summed E-state index contributed by atoms with van der Waals surface area (Å²) in [6, 6.07) is 19.8. The normalized spacial score (nSPS) is 11.7. The van der Waals surface area contributed by atoms with Gasteiger partial charge >= 0.3 is 0 Å². The maximum Gasteiger partial charge on any atom is 0.253 e. The lowest BCUT2D eigenvalue weighted by Gasteiger charge is -2.16. The van der Waals surface area contributed by atoms with Gasteiger partial charge in [-0.25, -0.2) is 4.68 Å². The molecule has 0 aliphatic heterocycles. The Bertz CT molecular complexity index is 1240. The highest BCUT2D eigenvalue weighted by Crippen LogP contribution is 2.23. The molecule has 0 bridgehead atoms. The molecule has 0 radical (unpaired) electrons. The van der Waals surface area contributed by atoms with Crippen LogP contribution in [0.15, 0.2) is 82.6 Å². The van der Waals surface area contributed by atoms with Gasteiger partial charge in [0.05, 0.1) is 29.3 Å². The van der Waals surface area contributed by atoms with E-state index in [0.717, 1.165) is 17.3 Å². The number of rotatable bonds is 8. The van der Waals surface area contributed by atoms with Crippen molar-refractivity contribution in [1.82, 2.24) is 20.2 Å². The first kappa shape index (κ1) is 22.2. The van der Waals surface area contributed by atoms with Crippen LogP contribution in [0.2, 0.25) is 0 Å². The van der Waals surface area contributed by atoms with E-state index >= 15 is 0 Å². The van der Waals surface area contributed by atoms with E-state index in [1.54, 1.807) is 36.4 Å². The summed E-state index contributed by atoms with van der Waals surface area (Å²) < 4.78 is 6.55. The van der Waals surface area contributed by atoms with Gasteiger partial charge in [-0.3, -0.25) is 9.59 Å². The van der Waals surface area contributed by atoms with Crippen LogP contribution < -0.4 is 16.5 Å². The van der Waals surface area contributed by atoms with Gasteiger partial charge in [0.2, 0.25) is 16.9 Å². The Kier molecular flexibility index (Phi) is 6.75. The maximum atomic E-state index is 12.9. The van der Waals surface area contributed by atoms with Crippen LogP contribution in [-0.2, 0) is 4.79 Å². The average molecular weight is 463 g/mol. The smallest absolute Gasteiger partial charge is 0.253 e. The Morgan fingerprint density at radius 3 is 2.58 bits per heavy atom. The number of hydrogen-bond donors (Lipinski definition) is 3. The number of benzene rings is 2. The number of aromatic nitrogens is 3. The molecule has 0 fully saturated rings. The molecule has 0 saturated carbocycles. The molecule has 2 heterocycles. The second-order valence-electron chi connectivity index (χ2n) is 7.14. The van der Waals surface area contributed by atoms with E-state index in [0.29, 0.717) is 28.0 Å². The van der Waals surface area contributed by atoms with Gasteiger partial charge in [-0.2, -0.15) is 0 Å². The summed E-state index contributed by atoms with van der Waals surface area (Å²) in [5, 5.41) is 14.1. The Labute approximate surface area is 194 Å². The van der Waals surface area contributed by atoms with Crippen LogP contribution in [-0.4, -0.2) is 32.4 Å². The standard InChI is InChI=1S/C23H22N6O3S/c1-15(16-8-3-2-4-9-16)25-22(31)17-10-5-6-11-18(17)26-20(30)14-33-23-28-27-21(29(23)24)19-12-7-13-32-19/h2-13,15H,14,24H2,1H3,(H,25,31)(H,26,30)/t15-/m1/s1. The predicted molar refractivity (Wildman–Crippen MR) is 126 cm³/mol. The lowest BCUT2D eigenvalue weighted by molar-refractivity contribution is -0.113. The van der Waals surface area contributed by atoms with Crippen molar-refractivity contribution in [2.75, 3.05) is 16.9 Å². The summed E-state index contributed by atoms with van der Waals surface area (Å²) in [5.41, 5.74) is 1.79. The van der Waals surface area contributed by atoms with Crippen LogP contribution in [0, 0.1) is 0 Å². The molecular weight excluding hydrogens is 440 g/mol. The number of hydrogen-bond acceptors (Lipinski definition) is 7. The molecule has 4 rings (SSSR count). The van der Waals surface area contributed by atoms with E-state index in [1.807, 2.05) is 37.3 Å². The topological polar surface area (TPSA) is 128 Å². The molecule has 10 heteroatoms. The number of nitrogens with one attached hydrogen (secondary N) is 2. The monoisotopic (exact) mass is 462 g/mol. The van der Waals surface area contributed by atoms with Crippen molar-refractivity contribution in [3.05, 3.63) is 84.1 Å². The van der Waals surface area contributed by atoms with Crippen LogP contribution in [0.5, 0.6) is 0 Å². The van der Waals surface area contributed by atoms with Gasteiger partial charge in [0, 0.05) is 0 Å². The van der Waals surface area contributed by atoms with Gasteiger partial charge in [-0.05, 0) is 36.8 Å². The van der Waals surface area contributed by atoms with Crippen molar-refractivity contribution in [1.29, 1.82) is 0 Å². The lowest BCUT2D eigenvalue weighted by Crippen LogP contribution is -2.28. The number of carbonyl (C=O) groups is 2. The van der Waals surface area contributed by atoms with Gasteiger partial charge < -0.3 is 20.9 Å². The molecule has 168 valence electrons. The van der Waals surface area contributed by atoms with Crippen molar-refractivity contribution in [3.8, 4) is 11.6 Å². The van der Waals surface area contributed by atoms with E-state index in [2.05, 4.69) is 20.8 Å². The third kappa shape index (κ3) is 5.24. The van der Waals surface area contributed by atoms with Crippen molar-refractivity contribution in [3.63, 3.8) is 0 Å². The molecule has 0 aliphatic rings. The summed E-state index contributed by atoms with van der Waals surface area (Å²) in [5.74, 6) is 6.30. The zero-order chi connectivity index (χ0) is 23.2. The van der Waals surface area contributed by atoms with E-state index < -0.39 is 0 Å². The van der Waals surface area contributed by atoms with E-state index in [9.17, 15) is 9.59 Å². The molecule has 1 atom stereocenters. The second kappa shape index (κ2) is 10.0. The van der Waals surface area contributed by atoms with Crippen molar-refractivity contribution < 1.29 is 14.0 Å². The predicted octanol–water partition coefficient (Wildman–Crippen LogP) is 3.47. The first-order valence-electron chi connectivity index (χ1n) is 10.1. The van der Waals surface area contributed by atoms with Gasteiger partial charge in [-0.1, -0.05) is 54.2 Å². The van der Waals surface area contributed by atoms with Gasteiger partial charge in [0.25, 0.3) is 5.91 Å². The Morgan fingerprint density at radius 1 is 1.06 bits per heavy atom. The fourth-order valence-corrected chi connectivity index (χ4v) is 3.81. The summed E-state index contributed by atoms with van der Waals surface area (Å²) >= 11 is 1.12. The summed E-state index contributed by atoms with van der Waals surface area (Å²) in [4.78, 5) is 25.4. The van der Waals surface area contributed by atoms with E-state index in [4.69, 9.17) is 10.3 Å². The third-order valence-corrected chi connectivity index (χ3v) is 5.77. The lowest BCUT2D eigenvalue weighted by atomic mass is 10.1. The molecule has 2 amide bonds. The fraction of sp³-hybridized carbons (Fsp3) is 0.130. The SMILES string of the molecule is C[C@@H](NC(=O)c1ccccc1NC(=O)CSc1nnc(-c2ccco2)n1N)c1ccccc1. The molecule has 2 aromatic carbocycles. The Balaban J connectivity index is 1.38. The summed E-state index contributed by atoms with van der Waals surface area (Å²) in [6.07, 6.45) is 1.51. The van der Waals surface area contributed by atoms with Crippen LogP contribution >= 0.6 is 11.8 Å². The van der Waals surface area contributed by atoms with Gasteiger partial charge in [0.1, 0.15) is 0 Å². The molecule has 2 aromatic heterocycles. The zero-order valence-electron chi connectivity index (χ0n) is 17.8. The molecule has 0 spiro atoms. The molecule has 0 unspecified atom stereocenters. The summed E-state index contributed by atoms with van der Waals surface area (Å²) in [6.45, 7) is 1.91. The first-order valence-corrected chi connectivity index (χ1v) is 11.1. The largest absolute Gasteiger partial charge is 0.461 e. The molecule has 33 heavy (non-hydrogen) atoms. The fourth-order valence-electron chi connectivity index (χ4n) is 3.16. The molecule has 0 aliphatic carbocycles. The number of nitrogen functional groups attached to an aromatic ring is 1. The number of thioether (sulfide) groups is 1. The molecule has 0 saturated heterocycles. The highest BCUT2D eigenvalue weighted by atomic mass is 32.2. The minimum absolute atomic E-state index is 0.0316. The van der Waals surface area contributed by atoms with Gasteiger partial charge in [0.15, 0.2) is 5.76 Å². The zero-order valence-corrected chi connectivity index (χ0v) is 18.6. The van der Waals surface area contributed by atoms with Crippen molar-refractivity contribution in [2.24, 2.45) is 0 Å². The average Bonchev–Trinajstić information content (AvgIpc) is 3.48. The molecule has 9 nitrogen and oxygen atoms in total. The number of para-hydroxylation sites is 1.